The molecule has 0 aliphatic carbocycles. The molecule has 1 N–H and O–H groups in total. The fraction of sp³-hybridized carbons (Fsp3) is 0.562. The van der Waals surface area contributed by atoms with Crippen LogP contribution in [0.4, 0.5) is 0 Å². The molecule has 2 aliphatic heterocycles. The van der Waals surface area contributed by atoms with Crippen LogP contribution in [0.3, 0.4) is 0 Å². The first-order valence-corrected chi connectivity index (χ1v) is 8.33. The van der Waals surface area contributed by atoms with Crippen LogP contribution >= 0.6 is 0 Å². The molecule has 0 saturated heterocycles. The summed E-state index contributed by atoms with van der Waals surface area (Å²) in [6.45, 7) is 5.19. The van der Waals surface area contributed by atoms with Gasteiger partial charge >= 0.3 is 0 Å². The van der Waals surface area contributed by atoms with E-state index in [4.69, 9.17) is 0 Å². The average Bonchev–Trinajstić information content (AvgIpc) is 3.13. The number of hydrogen-bond donors (Lipinski definition) is 1. The number of nitrogens with one attached hydrogen (secondary N) is 1. The summed E-state index contributed by atoms with van der Waals surface area (Å²) in [5.41, 5.74) is 3.37. The molecule has 4 rings (SSSR count). The van der Waals surface area contributed by atoms with Gasteiger partial charge in [-0.1, -0.05) is 0 Å². The Kier molecular flexibility index (Phi) is 3.87. The van der Waals surface area contributed by atoms with E-state index in [1.165, 1.54) is 5.69 Å². The van der Waals surface area contributed by atoms with Crippen LogP contribution < -0.4 is 5.32 Å². The van der Waals surface area contributed by atoms with Crippen molar-refractivity contribution in [3.05, 3.63) is 35.7 Å². The molecule has 0 unspecified atom stereocenters. The Morgan fingerprint density at radius 3 is 3.13 bits per heavy atom. The van der Waals surface area contributed by atoms with Crippen molar-refractivity contribution in [2.24, 2.45) is 0 Å². The minimum absolute atomic E-state index is 0.212. The Balaban J connectivity index is 1.37. The van der Waals surface area contributed by atoms with E-state index in [1.807, 2.05) is 17.4 Å². The molecular formula is C16H22N6O. The zero-order valence-corrected chi connectivity index (χ0v) is 13.2. The topological polar surface area (TPSA) is 68.0 Å². The molecular weight excluding hydrogens is 292 g/mol. The van der Waals surface area contributed by atoms with Crippen molar-refractivity contribution in [1.29, 1.82) is 0 Å². The maximum atomic E-state index is 12.5. The van der Waals surface area contributed by atoms with E-state index >= 15 is 0 Å². The zero-order chi connectivity index (χ0) is 15.6. The molecule has 23 heavy (non-hydrogen) atoms. The molecule has 0 aromatic carbocycles. The third-order valence-corrected chi connectivity index (χ3v) is 4.65. The number of fused-ring (bicyclic) bond motifs is 2. The van der Waals surface area contributed by atoms with Crippen LogP contribution in [0.1, 0.15) is 29.9 Å². The second-order valence-electron chi connectivity index (χ2n) is 6.27. The molecule has 7 nitrogen and oxygen atoms in total. The largest absolute Gasteiger partial charge is 0.337 e. The van der Waals surface area contributed by atoms with Gasteiger partial charge in [-0.3, -0.25) is 9.48 Å². The van der Waals surface area contributed by atoms with Crippen LogP contribution in [0.15, 0.2) is 18.6 Å². The molecule has 0 atom stereocenters. The number of imidazole rings is 1. The van der Waals surface area contributed by atoms with Crippen LogP contribution in [-0.2, 0) is 37.4 Å². The first-order valence-electron chi connectivity index (χ1n) is 8.33. The van der Waals surface area contributed by atoms with Crippen LogP contribution in [0.5, 0.6) is 0 Å². The lowest BCUT2D eigenvalue weighted by molar-refractivity contribution is -0.131. The molecule has 4 heterocycles. The van der Waals surface area contributed by atoms with Crippen molar-refractivity contribution in [2.45, 2.75) is 45.4 Å². The minimum Gasteiger partial charge on any atom is -0.337 e. The monoisotopic (exact) mass is 314 g/mol. The predicted molar refractivity (Wildman–Crippen MR) is 84.5 cm³/mol. The first-order chi connectivity index (χ1) is 11.3. The molecule has 1 amide bonds. The van der Waals surface area contributed by atoms with Gasteiger partial charge in [0.2, 0.25) is 5.91 Å². The molecule has 2 aromatic rings. The first kappa shape index (κ1) is 14.4. The highest BCUT2D eigenvalue weighted by Gasteiger charge is 2.19. The Bertz CT molecular complexity index is 680. The number of aromatic nitrogens is 4. The normalized spacial score (nSPS) is 17.5. The number of carbonyl (C=O) groups is 1. The highest BCUT2D eigenvalue weighted by Crippen LogP contribution is 2.14. The Hall–Kier alpha value is -2.15. The number of aryl methyl sites for hydroxylation is 2. The minimum atomic E-state index is 0.212. The van der Waals surface area contributed by atoms with E-state index in [1.54, 1.807) is 0 Å². The number of rotatable bonds is 3. The fourth-order valence-corrected chi connectivity index (χ4v) is 3.37. The standard InChI is InChI=1S/C16H22N6O/c23-16(20-5-1-6-21-12-18-10-15(21)11-20)3-2-13-8-14-9-17-4-7-22(14)19-13/h8,10,12,17H,1-7,9,11H2. The van der Waals surface area contributed by atoms with Crippen LogP contribution in [-0.4, -0.2) is 43.2 Å². The third-order valence-electron chi connectivity index (χ3n) is 4.65. The lowest BCUT2D eigenvalue weighted by Crippen LogP contribution is -2.30. The van der Waals surface area contributed by atoms with Crippen molar-refractivity contribution < 1.29 is 4.79 Å². The van der Waals surface area contributed by atoms with Gasteiger partial charge in [-0.2, -0.15) is 5.10 Å². The van der Waals surface area contributed by atoms with Crippen LogP contribution in [0.2, 0.25) is 0 Å². The second kappa shape index (κ2) is 6.16. The molecule has 0 bridgehead atoms. The summed E-state index contributed by atoms with van der Waals surface area (Å²) >= 11 is 0. The van der Waals surface area contributed by atoms with Crippen molar-refractivity contribution in [3.8, 4) is 0 Å². The van der Waals surface area contributed by atoms with E-state index in [-0.39, 0.29) is 5.91 Å². The average molecular weight is 314 g/mol. The summed E-state index contributed by atoms with van der Waals surface area (Å²) in [4.78, 5) is 18.7. The van der Waals surface area contributed by atoms with Gasteiger partial charge in [0.1, 0.15) is 0 Å². The molecule has 2 aromatic heterocycles. The number of hydrogen-bond acceptors (Lipinski definition) is 4. The maximum absolute atomic E-state index is 12.5. The molecule has 0 spiro atoms. The number of nitrogens with zero attached hydrogens (tertiary/aromatic N) is 5. The van der Waals surface area contributed by atoms with Gasteiger partial charge in [0.25, 0.3) is 0 Å². The van der Waals surface area contributed by atoms with Gasteiger partial charge < -0.3 is 14.8 Å². The van der Waals surface area contributed by atoms with Crippen molar-refractivity contribution in [2.75, 3.05) is 13.1 Å². The quantitative estimate of drug-likeness (QED) is 0.898. The van der Waals surface area contributed by atoms with E-state index in [0.717, 1.165) is 50.5 Å². The van der Waals surface area contributed by atoms with E-state index < -0.39 is 0 Å². The molecule has 2 aliphatic rings. The van der Waals surface area contributed by atoms with Gasteiger partial charge in [0.15, 0.2) is 0 Å². The summed E-state index contributed by atoms with van der Waals surface area (Å²) in [6.07, 6.45) is 5.95. The Labute approximate surface area is 135 Å². The fourth-order valence-electron chi connectivity index (χ4n) is 3.37. The van der Waals surface area contributed by atoms with Crippen molar-refractivity contribution in [1.82, 2.24) is 29.5 Å². The molecule has 7 heteroatoms. The highest BCUT2D eigenvalue weighted by molar-refractivity contribution is 5.76. The van der Waals surface area contributed by atoms with E-state index in [9.17, 15) is 4.79 Å². The smallest absolute Gasteiger partial charge is 0.223 e. The summed E-state index contributed by atoms with van der Waals surface area (Å²) < 4.78 is 4.20. The van der Waals surface area contributed by atoms with E-state index in [0.29, 0.717) is 19.4 Å². The number of carbonyl (C=O) groups excluding carboxylic acids is 1. The van der Waals surface area contributed by atoms with Crippen LogP contribution in [0.25, 0.3) is 0 Å². The SMILES string of the molecule is O=C(CCc1cc2n(n1)CCNC2)N1CCCn2cncc2C1. The molecule has 0 radical (unpaired) electrons. The lowest BCUT2D eigenvalue weighted by Gasteiger charge is -2.19. The van der Waals surface area contributed by atoms with Gasteiger partial charge in [-0.15, -0.1) is 0 Å². The summed E-state index contributed by atoms with van der Waals surface area (Å²) in [5.74, 6) is 0.212. The zero-order valence-electron chi connectivity index (χ0n) is 13.2. The van der Waals surface area contributed by atoms with E-state index in [2.05, 4.69) is 30.7 Å². The molecule has 0 fully saturated rings. The maximum Gasteiger partial charge on any atom is 0.223 e. The van der Waals surface area contributed by atoms with Gasteiger partial charge in [0, 0.05) is 45.2 Å². The molecule has 122 valence electrons. The summed E-state index contributed by atoms with van der Waals surface area (Å²) in [6, 6.07) is 2.12. The van der Waals surface area contributed by atoms with Gasteiger partial charge in [-0.25, -0.2) is 4.98 Å². The summed E-state index contributed by atoms with van der Waals surface area (Å²) in [7, 11) is 0. The van der Waals surface area contributed by atoms with Gasteiger partial charge in [0.05, 0.1) is 36.5 Å². The Morgan fingerprint density at radius 1 is 1.26 bits per heavy atom. The van der Waals surface area contributed by atoms with Crippen molar-refractivity contribution in [3.63, 3.8) is 0 Å². The second-order valence-corrected chi connectivity index (χ2v) is 6.27. The summed E-state index contributed by atoms with van der Waals surface area (Å²) in [5, 5.41) is 7.95. The van der Waals surface area contributed by atoms with Gasteiger partial charge in [-0.05, 0) is 12.5 Å². The number of amides is 1. The third kappa shape index (κ3) is 3.01. The predicted octanol–water partition coefficient (Wildman–Crippen LogP) is 0.548. The lowest BCUT2D eigenvalue weighted by atomic mass is 10.2. The van der Waals surface area contributed by atoms with Crippen molar-refractivity contribution >= 4 is 5.91 Å². The Morgan fingerprint density at radius 2 is 2.22 bits per heavy atom. The molecule has 0 saturated carbocycles. The highest BCUT2D eigenvalue weighted by atomic mass is 16.2. The van der Waals surface area contributed by atoms with Crippen LogP contribution in [0, 0.1) is 0 Å².